The van der Waals surface area contributed by atoms with Crippen LogP contribution in [0.4, 0.5) is 29.3 Å². The van der Waals surface area contributed by atoms with E-state index in [0.29, 0.717) is 42.1 Å². The van der Waals surface area contributed by atoms with Crippen molar-refractivity contribution in [2.45, 2.75) is 37.1 Å². The van der Waals surface area contributed by atoms with Crippen molar-refractivity contribution >= 4 is 28.4 Å². The minimum Gasteiger partial charge on any atom is -0.492 e. The number of amides is 2. The molecular formula is C30H33F3N8O3. The van der Waals surface area contributed by atoms with Crippen LogP contribution in [0.15, 0.2) is 54.7 Å². The van der Waals surface area contributed by atoms with Crippen molar-refractivity contribution in [3.8, 4) is 17.1 Å². The average Bonchev–Trinajstić information content (AvgIpc) is 3.54. The van der Waals surface area contributed by atoms with Gasteiger partial charge in [0.2, 0.25) is 0 Å². The van der Waals surface area contributed by atoms with E-state index >= 15 is 0 Å². The third-order valence-electron chi connectivity index (χ3n) is 7.82. The number of hydrogen-bond donors (Lipinski definition) is 3. The lowest BCUT2D eigenvalue weighted by molar-refractivity contribution is -0.207. The molecule has 3 unspecified atom stereocenters. The molecular weight excluding hydrogens is 577 g/mol. The first-order valence-corrected chi connectivity index (χ1v) is 14.3. The van der Waals surface area contributed by atoms with Gasteiger partial charge in [0.1, 0.15) is 12.4 Å². The number of benzene rings is 2. The second-order valence-corrected chi connectivity index (χ2v) is 11.2. The molecule has 2 amide bonds. The predicted molar refractivity (Wildman–Crippen MR) is 159 cm³/mol. The zero-order valence-electron chi connectivity index (χ0n) is 24.3. The molecule has 0 radical (unpaired) electrons. The summed E-state index contributed by atoms with van der Waals surface area (Å²) in [6.45, 7) is 1.86. The second kappa shape index (κ2) is 12.4. The SMILES string of the molecule is CN(C)CCOc1ccc(NC(=O)Nc2ccc(-c3nc(C(N4C5CCC4COC5)C(F)(F)F)c4cn[nH]c4n3)cc2)cc1. The number of carbonyl (C=O) groups is 1. The van der Waals surface area contributed by atoms with Gasteiger partial charge in [-0.15, -0.1) is 0 Å². The van der Waals surface area contributed by atoms with Crippen LogP contribution in [0, 0.1) is 0 Å². The van der Waals surface area contributed by atoms with E-state index in [0.717, 1.165) is 6.54 Å². The number of rotatable bonds is 9. The van der Waals surface area contributed by atoms with Gasteiger partial charge in [0.05, 0.1) is 30.5 Å². The van der Waals surface area contributed by atoms with Crippen LogP contribution in [0.25, 0.3) is 22.4 Å². The van der Waals surface area contributed by atoms with Crippen LogP contribution < -0.4 is 15.4 Å². The van der Waals surface area contributed by atoms with E-state index in [1.807, 2.05) is 19.0 Å². The number of anilines is 2. The molecule has 0 aliphatic carbocycles. The summed E-state index contributed by atoms with van der Waals surface area (Å²) in [5, 5.41) is 12.4. The molecule has 0 spiro atoms. The Labute approximate surface area is 251 Å². The first-order chi connectivity index (χ1) is 21.2. The van der Waals surface area contributed by atoms with Gasteiger partial charge in [-0.05, 0) is 75.5 Å². The Kier molecular flexibility index (Phi) is 8.38. The summed E-state index contributed by atoms with van der Waals surface area (Å²) < 4.78 is 55.4. The van der Waals surface area contributed by atoms with Crippen molar-refractivity contribution < 1.29 is 27.4 Å². The quantitative estimate of drug-likeness (QED) is 0.240. The molecule has 4 heterocycles. The average molecular weight is 611 g/mol. The van der Waals surface area contributed by atoms with E-state index in [-0.39, 0.29) is 47.8 Å². The highest BCUT2D eigenvalue weighted by atomic mass is 19.4. The van der Waals surface area contributed by atoms with E-state index in [1.165, 1.54) is 11.1 Å². The fraction of sp³-hybridized carbons (Fsp3) is 0.400. The van der Waals surface area contributed by atoms with Gasteiger partial charge < -0.3 is 25.0 Å². The van der Waals surface area contributed by atoms with Gasteiger partial charge in [-0.1, -0.05) is 0 Å². The molecule has 4 aromatic rings. The Morgan fingerprint density at radius 1 is 1.05 bits per heavy atom. The molecule has 2 saturated heterocycles. The van der Waals surface area contributed by atoms with Crippen LogP contribution in [-0.2, 0) is 4.74 Å². The number of H-pyrrole nitrogens is 1. The maximum atomic E-state index is 14.7. The minimum atomic E-state index is -4.57. The minimum absolute atomic E-state index is 0.121. The first-order valence-electron chi connectivity index (χ1n) is 14.3. The van der Waals surface area contributed by atoms with Crippen molar-refractivity contribution in [1.82, 2.24) is 30.0 Å². The molecule has 2 aliphatic heterocycles. The van der Waals surface area contributed by atoms with Crippen molar-refractivity contribution in [2.24, 2.45) is 0 Å². The monoisotopic (exact) mass is 610 g/mol. The number of halogens is 3. The highest BCUT2D eigenvalue weighted by Crippen LogP contribution is 2.46. The Morgan fingerprint density at radius 2 is 1.68 bits per heavy atom. The molecule has 6 rings (SSSR count). The van der Waals surface area contributed by atoms with Crippen LogP contribution >= 0.6 is 0 Å². The number of fused-ring (bicyclic) bond motifs is 3. The highest BCUT2D eigenvalue weighted by Gasteiger charge is 2.54. The van der Waals surface area contributed by atoms with Crippen molar-refractivity contribution in [3.63, 3.8) is 0 Å². The normalized spacial score (nSPS) is 19.3. The first kappa shape index (κ1) is 29.8. The number of likely N-dealkylation sites (N-methyl/N-ethyl adjacent to an activating group) is 1. The summed E-state index contributed by atoms with van der Waals surface area (Å²) in [6.07, 6.45) is -1.95. The summed E-state index contributed by atoms with van der Waals surface area (Å²) in [6, 6.07) is 10.6. The van der Waals surface area contributed by atoms with Crippen LogP contribution in [0.5, 0.6) is 5.75 Å². The number of alkyl halides is 3. The third-order valence-corrected chi connectivity index (χ3v) is 7.82. The zero-order chi connectivity index (χ0) is 30.8. The molecule has 2 aromatic carbocycles. The van der Waals surface area contributed by atoms with E-state index in [1.54, 1.807) is 48.5 Å². The molecule has 2 aliphatic rings. The van der Waals surface area contributed by atoms with Gasteiger partial charge >= 0.3 is 12.2 Å². The van der Waals surface area contributed by atoms with E-state index in [9.17, 15) is 18.0 Å². The molecule has 2 aromatic heterocycles. The Hall–Kier alpha value is -4.27. The fourth-order valence-electron chi connectivity index (χ4n) is 5.72. The van der Waals surface area contributed by atoms with E-state index in [2.05, 4.69) is 30.8 Å². The lowest BCUT2D eigenvalue weighted by Gasteiger charge is -2.41. The Morgan fingerprint density at radius 3 is 2.30 bits per heavy atom. The van der Waals surface area contributed by atoms with Gasteiger partial charge in [0.25, 0.3) is 0 Å². The predicted octanol–water partition coefficient (Wildman–Crippen LogP) is 5.07. The molecule has 0 saturated carbocycles. The Balaban J connectivity index is 1.18. The van der Waals surface area contributed by atoms with Crippen LogP contribution in [-0.4, -0.2) is 94.7 Å². The number of morpholine rings is 1. The van der Waals surface area contributed by atoms with Crippen LogP contribution in [0.3, 0.4) is 0 Å². The molecule has 3 N–H and O–H groups in total. The summed E-state index contributed by atoms with van der Waals surface area (Å²) in [7, 11) is 3.93. The summed E-state index contributed by atoms with van der Waals surface area (Å²) in [5.41, 5.74) is 1.64. The number of carbonyl (C=O) groups excluding carboxylic acids is 1. The molecule has 2 fully saturated rings. The number of ether oxygens (including phenoxy) is 2. The third kappa shape index (κ3) is 6.47. The van der Waals surface area contributed by atoms with Crippen molar-refractivity contribution in [2.75, 3.05) is 51.1 Å². The summed E-state index contributed by atoms with van der Waals surface area (Å²) in [5.74, 6) is 0.821. The summed E-state index contributed by atoms with van der Waals surface area (Å²) >= 11 is 0. The van der Waals surface area contributed by atoms with Crippen LogP contribution in [0.1, 0.15) is 24.6 Å². The maximum Gasteiger partial charge on any atom is 0.409 e. The standard InChI is InChI=1S/C30H33F3N8O3/c1-40(2)13-14-44-23-11-7-20(8-12-23)36-29(42)35-19-5-3-18(4-6-19)27-37-25(24-15-34-39-28(24)38-27)26(30(31,32)33)41-21-9-10-22(41)17-43-16-21/h3-8,11-12,15,21-22,26H,9-10,13-14,16-17H2,1-2H3,(H2,35,36,42)(H,34,37,38,39). The summed E-state index contributed by atoms with van der Waals surface area (Å²) in [4.78, 5) is 25.1. The number of aromatic amines is 1. The number of aromatic nitrogens is 4. The lowest BCUT2D eigenvalue weighted by Crippen LogP contribution is -2.52. The van der Waals surface area contributed by atoms with Crippen molar-refractivity contribution in [3.05, 3.63) is 60.4 Å². The molecule has 44 heavy (non-hydrogen) atoms. The molecule has 11 nitrogen and oxygen atoms in total. The highest BCUT2D eigenvalue weighted by molar-refractivity contribution is 5.99. The molecule has 2 bridgehead atoms. The van der Waals surface area contributed by atoms with Gasteiger partial charge in [-0.25, -0.2) is 14.8 Å². The fourth-order valence-corrected chi connectivity index (χ4v) is 5.72. The largest absolute Gasteiger partial charge is 0.492 e. The number of nitrogens with one attached hydrogen (secondary N) is 3. The lowest BCUT2D eigenvalue weighted by atomic mass is 10.0. The van der Waals surface area contributed by atoms with Gasteiger partial charge in [0.15, 0.2) is 17.5 Å². The van der Waals surface area contributed by atoms with Gasteiger partial charge in [-0.3, -0.25) is 10.00 Å². The number of hydrogen-bond acceptors (Lipinski definition) is 8. The molecule has 14 heteroatoms. The second-order valence-electron chi connectivity index (χ2n) is 11.2. The van der Waals surface area contributed by atoms with Crippen LogP contribution in [0.2, 0.25) is 0 Å². The topological polar surface area (TPSA) is 121 Å². The van der Waals surface area contributed by atoms with Gasteiger partial charge in [-0.2, -0.15) is 18.3 Å². The molecule has 232 valence electrons. The van der Waals surface area contributed by atoms with Crippen molar-refractivity contribution in [1.29, 1.82) is 0 Å². The molecule has 3 atom stereocenters. The van der Waals surface area contributed by atoms with E-state index < -0.39 is 18.2 Å². The van der Waals surface area contributed by atoms with E-state index in [4.69, 9.17) is 9.47 Å². The smallest absolute Gasteiger partial charge is 0.409 e. The number of nitrogens with zero attached hydrogens (tertiary/aromatic N) is 5. The maximum absolute atomic E-state index is 14.7. The number of urea groups is 1. The zero-order valence-corrected chi connectivity index (χ0v) is 24.3. The Bertz CT molecular complexity index is 1580. The van der Waals surface area contributed by atoms with Gasteiger partial charge in [0, 0.05) is 35.6 Å².